The summed E-state index contributed by atoms with van der Waals surface area (Å²) in [5.41, 5.74) is 0.814. The Morgan fingerprint density at radius 1 is 1.35 bits per heavy atom. The minimum Gasteiger partial charge on any atom is -0.481 e. The van der Waals surface area contributed by atoms with Crippen LogP contribution in [0, 0.1) is 5.92 Å². The van der Waals surface area contributed by atoms with Gasteiger partial charge in [0.25, 0.3) is 0 Å². The number of carboxylic acid groups (broad SMARTS) is 1. The summed E-state index contributed by atoms with van der Waals surface area (Å²) in [6, 6.07) is 5.35. The molecule has 0 radical (unpaired) electrons. The fourth-order valence-electron chi connectivity index (χ4n) is 1.95. The van der Waals surface area contributed by atoms with Crippen molar-refractivity contribution in [1.82, 2.24) is 4.90 Å². The number of amides is 1. The smallest absolute Gasteiger partial charge is 0.308 e. The van der Waals surface area contributed by atoms with Crippen LogP contribution in [0.5, 0.6) is 11.5 Å². The Morgan fingerprint density at radius 2 is 2.05 bits per heavy atom. The number of carbonyl (C=O) groups is 2. The zero-order chi connectivity index (χ0) is 14.7. The molecular formula is C14H17NO5. The normalized spacial score (nSPS) is 13.9. The highest BCUT2D eigenvalue weighted by atomic mass is 16.7. The van der Waals surface area contributed by atoms with E-state index in [9.17, 15) is 9.59 Å². The summed E-state index contributed by atoms with van der Waals surface area (Å²) in [5.74, 6) is -0.309. The van der Waals surface area contributed by atoms with E-state index >= 15 is 0 Å². The number of benzene rings is 1. The number of rotatable bonds is 5. The average molecular weight is 279 g/mol. The molecule has 1 aromatic carbocycles. The van der Waals surface area contributed by atoms with Crippen molar-refractivity contribution < 1.29 is 24.2 Å². The van der Waals surface area contributed by atoms with Crippen LogP contribution in [0.3, 0.4) is 0 Å². The Balaban J connectivity index is 1.95. The Hall–Kier alpha value is -2.24. The Kier molecular flexibility index (Phi) is 4.12. The number of fused-ring (bicyclic) bond motifs is 1. The number of carboxylic acids is 1. The lowest BCUT2D eigenvalue weighted by molar-refractivity contribution is -0.142. The predicted octanol–water partition coefficient (Wildman–Crippen LogP) is 1.14. The van der Waals surface area contributed by atoms with E-state index in [0.717, 1.165) is 5.56 Å². The highest BCUT2D eigenvalue weighted by Gasteiger charge is 2.19. The number of aliphatic carboxylic acids is 1. The lowest BCUT2D eigenvalue weighted by Crippen LogP contribution is -2.34. The first kappa shape index (κ1) is 14.2. The van der Waals surface area contributed by atoms with Gasteiger partial charge in [0.1, 0.15) is 0 Å². The molecule has 1 atom stereocenters. The molecular weight excluding hydrogens is 262 g/mol. The van der Waals surface area contributed by atoms with Crippen molar-refractivity contribution in [3.8, 4) is 11.5 Å². The Morgan fingerprint density at radius 3 is 2.75 bits per heavy atom. The summed E-state index contributed by atoms with van der Waals surface area (Å²) in [6.45, 7) is 1.97. The van der Waals surface area contributed by atoms with Crippen LogP contribution in [0.1, 0.15) is 12.5 Å². The second-order valence-electron chi connectivity index (χ2n) is 4.88. The minimum absolute atomic E-state index is 0.128. The molecule has 1 unspecified atom stereocenters. The third-order valence-electron chi connectivity index (χ3n) is 3.19. The average Bonchev–Trinajstić information content (AvgIpc) is 2.85. The van der Waals surface area contributed by atoms with Gasteiger partial charge in [0.05, 0.1) is 12.3 Å². The summed E-state index contributed by atoms with van der Waals surface area (Å²) in [5, 5.41) is 8.84. The van der Waals surface area contributed by atoms with E-state index in [4.69, 9.17) is 14.6 Å². The zero-order valence-corrected chi connectivity index (χ0v) is 11.5. The SMILES string of the molecule is CC(CN(C)C(=O)Cc1ccc2c(c1)OCO2)C(=O)O. The molecule has 1 amide bonds. The fourth-order valence-corrected chi connectivity index (χ4v) is 1.95. The van der Waals surface area contributed by atoms with E-state index in [1.807, 2.05) is 0 Å². The highest BCUT2D eigenvalue weighted by molar-refractivity contribution is 5.79. The molecule has 0 saturated carbocycles. The van der Waals surface area contributed by atoms with Crippen molar-refractivity contribution in [2.45, 2.75) is 13.3 Å². The van der Waals surface area contributed by atoms with Gasteiger partial charge in [-0.1, -0.05) is 13.0 Å². The first-order valence-electron chi connectivity index (χ1n) is 6.32. The minimum atomic E-state index is -0.910. The van der Waals surface area contributed by atoms with Gasteiger partial charge in [0, 0.05) is 13.6 Å². The summed E-state index contributed by atoms with van der Waals surface area (Å²) >= 11 is 0. The van der Waals surface area contributed by atoms with Crippen LogP contribution in [0.4, 0.5) is 0 Å². The van der Waals surface area contributed by atoms with E-state index in [1.165, 1.54) is 4.90 Å². The van der Waals surface area contributed by atoms with Crippen LogP contribution in [-0.2, 0) is 16.0 Å². The maximum absolute atomic E-state index is 12.0. The molecule has 0 saturated heterocycles. The van der Waals surface area contributed by atoms with Crippen LogP contribution < -0.4 is 9.47 Å². The highest BCUT2D eigenvalue weighted by Crippen LogP contribution is 2.32. The van der Waals surface area contributed by atoms with Crippen LogP contribution in [-0.4, -0.2) is 42.3 Å². The number of likely N-dealkylation sites (N-methyl/N-ethyl adjacent to an activating group) is 1. The van der Waals surface area contributed by atoms with E-state index < -0.39 is 11.9 Å². The van der Waals surface area contributed by atoms with Gasteiger partial charge >= 0.3 is 5.97 Å². The van der Waals surface area contributed by atoms with Gasteiger partial charge in [-0.2, -0.15) is 0 Å². The molecule has 0 fully saturated rings. The molecule has 2 rings (SSSR count). The van der Waals surface area contributed by atoms with Crippen LogP contribution in [0.25, 0.3) is 0 Å². The molecule has 1 heterocycles. The summed E-state index contributed by atoms with van der Waals surface area (Å²) in [6.07, 6.45) is 0.208. The van der Waals surface area contributed by atoms with Gasteiger partial charge in [0.15, 0.2) is 11.5 Å². The quantitative estimate of drug-likeness (QED) is 0.874. The van der Waals surface area contributed by atoms with Gasteiger partial charge in [-0.25, -0.2) is 0 Å². The van der Waals surface area contributed by atoms with Crippen LogP contribution in [0.2, 0.25) is 0 Å². The van der Waals surface area contributed by atoms with E-state index in [0.29, 0.717) is 11.5 Å². The van der Waals surface area contributed by atoms with Crippen LogP contribution in [0.15, 0.2) is 18.2 Å². The molecule has 20 heavy (non-hydrogen) atoms. The monoisotopic (exact) mass is 279 g/mol. The van der Waals surface area contributed by atoms with Gasteiger partial charge < -0.3 is 19.5 Å². The standard InChI is InChI=1S/C14H17NO5/c1-9(14(17)18)7-15(2)13(16)6-10-3-4-11-12(5-10)20-8-19-11/h3-5,9H,6-8H2,1-2H3,(H,17,18). The summed E-state index contributed by atoms with van der Waals surface area (Å²) < 4.78 is 10.5. The Bertz CT molecular complexity index is 528. The molecule has 1 aliphatic heterocycles. The molecule has 0 bridgehead atoms. The second-order valence-corrected chi connectivity index (χ2v) is 4.88. The second kappa shape index (κ2) is 5.81. The molecule has 1 aliphatic rings. The molecule has 6 heteroatoms. The molecule has 1 aromatic rings. The lowest BCUT2D eigenvalue weighted by atomic mass is 10.1. The first-order valence-corrected chi connectivity index (χ1v) is 6.32. The van der Waals surface area contributed by atoms with Gasteiger partial charge in [-0.15, -0.1) is 0 Å². The lowest BCUT2D eigenvalue weighted by Gasteiger charge is -2.19. The van der Waals surface area contributed by atoms with Crippen molar-refractivity contribution in [2.75, 3.05) is 20.4 Å². The number of hydrogen-bond donors (Lipinski definition) is 1. The van der Waals surface area contributed by atoms with E-state index in [-0.39, 0.29) is 25.7 Å². The number of hydrogen-bond acceptors (Lipinski definition) is 4. The van der Waals surface area contributed by atoms with Gasteiger partial charge in [-0.05, 0) is 17.7 Å². The molecule has 0 aliphatic carbocycles. The maximum atomic E-state index is 12.0. The number of carbonyl (C=O) groups excluding carboxylic acids is 1. The predicted molar refractivity (Wildman–Crippen MR) is 70.7 cm³/mol. The van der Waals surface area contributed by atoms with Crippen molar-refractivity contribution in [3.63, 3.8) is 0 Å². The van der Waals surface area contributed by atoms with E-state index in [1.54, 1.807) is 32.2 Å². The summed E-state index contributed by atoms with van der Waals surface area (Å²) in [7, 11) is 1.61. The third-order valence-corrected chi connectivity index (χ3v) is 3.19. The molecule has 1 N–H and O–H groups in total. The number of ether oxygens (including phenoxy) is 2. The third kappa shape index (κ3) is 3.20. The van der Waals surface area contributed by atoms with Crippen molar-refractivity contribution in [1.29, 1.82) is 0 Å². The first-order chi connectivity index (χ1) is 9.47. The largest absolute Gasteiger partial charge is 0.481 e. The zero-order valence-electron chi connectivity index (χ0n) is 11.5. The topological polar surface area (TPSA) is 76.1 Å². The maximum Gasteiger partial charge on any atom is 0.308 e. The fraction of sp³-hybridized carbons (Fsp3) is 0.429. The summed E-state index contributed by atoms with van der Waals surface area (Å²) in [4.78, 5) is 24.2. The van der Waals surface area contributed by atoms with Crippen molar-refractivity contribution >= 4 is 11.9 Å². The molecule has 6 nitrogen and oxygen atoms in total. The van der Waals surface area contributed by atoms with E-state index in [2.05, 4.69) is 0 Å². The number of nitrogens with zero attached hydrogens (tertiary/aromatic N) is 1. The molecule has 0 spiro atoms. The van der Waals surface area contributed by atoms with Gasteiger partial charge in [0.2, 0.25) is 12.7 Å². The van der Waals surface area contributed by atoms with Crippen LogP contribution >= 0.6 is 0 Å². The van der Waals surface area contributed by atoms with Gasteiger partial charge in [-0.3, -0.25) is 9.59 Å². The molecule has 108 valence electrons. The van der Waals surface area contributed by atoms with Crippen molar-refractivity contribution in [3.05, 3.63) is 23.8 Å². The van der Waals surface area contributed by atoms with Crippen molar-refractivity contribution in [2.24, 2.45) is 5.92 Å². The Labute approximate surface area is 116 Å². The molecule has 0 aromatic heterocycles.